The summed E-state index contributed by atoms with van der Waals surface area (Å²) in [6.45, 7) is 4.82. The van der Waals surface area contributed by atoms with Gasteiger partial charge >= 0.3 is 6.09 Å². The second-order valence-electron chi connectivity index (χ2n) is 10.5. The molecule has 1 saturated carbocycles. The lowest BCUT2D eigenvalue weighted by Gasteiger charge is -2.27. The molecular formula is C27H27FN4O4S. The third-order valence-electron chi connectivity index (χ3n) is 7.21. The maximum absolute atomic E-state index is 13.9. The van der Waals surface area contributed by atoms with Crippen LogP contribution in [0.4, 0.5) is 14.3 Å². The van der Waals surface area contributed by atoms with E-state index < -0.39 is 11.9 Å². The van der Waals surface area contributed by atoms with Crippen LogP contribution in [0.5, 0.6) is 11.5 Å². The van der Waals surface area contributed by atoms with Gasteiger partial charge in [0.1, 0.15) is 17.1 Å². The highest BCUT2D eigenvalue weighted by molar-refractivity contribution is 7.19. The molecule has 0 bridgehead atoms. The minimum atomic E-state index is -0.600. The van der Waals surface area contributed by atoms with Crippen LogP contribution >= 0.6 is 11.3 Å². The van der Waals surface area contributed by atoms with Crippen LogP contribution in [0.1, 0.15) is 36.3 Å². The van der Waals surface area contributed by atoms with Crippen LogP contribution in [0.15, 0.2) is 42.5 Å². The normalized spacial score (nSPS) is 22.7. The molecule has 192 valence electrons. The molecule has 3 atom stereocenters. The molecule has 8 nitrogen and oxygen atoms in total. The zero-order chi connectivity index (χ0) is 25.9. The van der Waals surface area contributed by atoms with Crippen LogP contribution in [-0.4, -0.2) is 46.6 Å². The summed E-state index contributed by atoms with van der Waals surface area (Å²) in [5.74, 6) is 1.01. The maximum atomic E-state index is 13.9. The monoisotopic (exact) mass is 522 g/mol. The molecule has 2 fully saturated rings. The Balaban J connectivity index is 1.16. The maximum Gasteiger partial charge on any atom is 0.412 e. The first-order valence-electron chi connectivity index (χ1n) is 12.3. The Morgan fingerprint density at radius 2 is 2.11 bits per heavy atom. The van der Waals surface area contributed by atoms with Crippen molar-refractivity contribution in [2.75, 3.05) is 18.8 Å². The number of anilines is 1. The number of benzene rings is 2. The van der Waals surface area contributed by atoms with Gasteiger partial charge in [0.15, 0.2) is 16.6 Å². The van der Waals surface area contributed by atoms with E-state index in [0.717, 1.165) is 29.7 Å². The van der Waals surface area contributed by atoms with Crippen molar-refractivity contribution >= 4 is 28.5 Å². The summed E-state index contributed by atoms with van der Waals surface area (Å²) in [5, 5.41) is 3.08. The van der Waals surface area contributed by atoms with E-state index >= 15 is 0 Å². The Hall–Kier alpha value is -3.66. The number of fused-ring (bicyclic) bond motifs is 2. The average molecular weight is 523 g/mol. The topological polar surface area (TPSA) is 107 Å². The minimum absolute atomic E-state index is 0.190. The van der Waals surface area contributed by atoms with Crippen LogP contribution < -0.4 is 20.5 Å². The minimum Gasteiger partial charge on any atom is -0.483 e. The largest absolute Gasteiger partial charge is 0.483 e. The molecule has 37 heavy (non-hydrogen) atoms. The number of thiazole rings is 1. The third kappa shape index (κ3) is 4.50. The highest BCUT2D eigenvalue weighted by Gasteiger charge is 2.54. The molecule has 0 radical (unpaired) electrons. The van der Waals surface area contributed by atoms with Gasteiger partial charge in [-0.25, -0.2) is 14.2 Å². The van der Waals surface area contributed by atoms with Crippen molar-refractivity contribution in [3.63, 3.8) is 0 Å². The molecule has 3 N–H and O–H groups in total. The van der Waals surface area contributed by atoms with Gasteiger partial charge in [0.05, 0.1) is 10.9 Å². The number of para-hydroxylation sites is 1. The molecule has 2 aromatic carbocycles. The van der Waals surface area contributed by atoms with Gasteiger partial charge < -0.3 is 25.4 Å². The average Bonchev–Trinajstić information content (AvgIpc) is 3.17. The van der Waals surface area contributed by atoms with Gasteiger partial charge in [-0.1, -0.05) is 35.6 Å². The van der Waals surface area contributed by atoms with Gasteiger partial charge in [-0.3, -0.25) is 4.79 Å². The highest BCUT2D eigenvalue weighted by atomic mass is 32.1. The van der Waals surface area contributed by atoms with Gasteiger partial charge in [-0.2, -0.15) is 0 Å². The number of nitrogens with zero attached hydrogens (tertiary/aromatic N) is 2. The summed E-state index contributed by atoms with van der Waals surface area (Å²) in [4.78, 5) is 32.9. The fourth-order valence-electron chi connectivity index (χ4n) is 5.50. The van der Waals surface area contributed by atoms with Crippen molar-refractivity contribution < 1.29 is 23.5 Å². The lowest BCUT2D eigenvalue weighted by molar-refractivity contribution is 0.0700. The van der Waals surface area contributed by atoms with Crippen molar-refractivity contribution in [1.29, 1.82) is 0 Å². The summed E-state index contributed by atoms with van der Waals surface area (Å²) >= 11 is 1.16. The molecule has 3 aliphatic rings. The molecule has 3 heterocycles. The zero-order valence-corrected chi connectivity index (χ0v) is 21.3. The van der Waals surface area contributed by atoms with E-state index in [1.165, 1.54) is 12.1 Å². The second kappa shape index (κ2) is 8.72. The van der Waals surface area contributed by atoms with E-state index in [2.05, 4.69) is 10.3 Å². The van der Waals surface area contributed by atoms with Gasteiger partial charge in [0.2, 0.25) is 0 Å². The molecule has 1 aliphatic carbocycles. The number of ether oxygens (including phenoxy) is 2. The van der Waals surface area contributed by atoms with Crippen LogP contribution in [0.25, 0.3) is 10.4 Å². The van der Waals surface area contributed by atoms with E-state index in [1.807, 2.05) is 26.0 Å². The molecule has 0 spiro atoms. The van der Waals surface area contributed by atoms with Crippen molar-refractivity contribution in [2.45, 2.75) is 38.3 Å². The first-order chi connectivity index (χ1) is 17.7. The van der Waals surface area contributed by atoms with Gasteiger partial charge in [0.25, 0.3) is 5.91 Å². The number of carbonyl (C=O) groups excluding carboxylic acids is 2. The molecule has 6 rings (SSSR count). The number of rotatable bonds is 5. The smallest absolute Gasteiger partial charge is 0.412 e. The van der Waals surface area contributed by atoms with Gasteiger partial charge in [0, 0.05) is 25.1 Å². The number of halogens is 1. The molecule has 1 saturated heterocycles. The standard InChI is InChI=1S/C27H27FN4O4S/c1-27(2)11-15-6-4-8-20(22(15)36-27)35-26(34)30-12-19-18-10-16(18)13-32(19)24(33)21-23(37-25(29)31-21)14-5-3-7-17(28)9-14/h3-9,16,18-19H,10-13H2,1-2H3,(H2,29,31)(H,30,34)/t16-,18-,19+/m0/s1. The molecule has 2 amide bonds. The summed E-state index contributed by atoms with van der Waals surface area (Å²) in [7, 11) is 0. The first-order valence-corrected chi connectivity index (χ1v) is 13.1. The number of hydrogen-bond acceptors (Lipinski definition) is 7. The zero-order valence-electron chi connectivity index (χ0n) is 20.5. The van der Waals surface area contributed by atoms with E-state index in [9.17, 15) is 14.0 Å². The molecule has 10 heteroatoms. The lowest BCUT2D eigenvalue weighted by atomic mass is 10.0. The number of nitrogen functional groups attached to an aromatic ring is 1. The summed E-state index contributed by atoms with van der Waals surface area (Å²) in [6, 6.07) is 11.4. The Labute approximate surface area is 217 Å². The molecule has 1 aromatic heterocycles. The SMILES string of the molecule is CC1(C)Cc2cccc(OC(=O)NC[C@@H]3[C@H]4C[C@H]4CN3C(=O)c3nc(N)sc3-c3cccc(F)c3)c2O1. The quantitative estimate of drug-likeness (QED) is 0.511. The molecule has 3 aromatic rings. The van der Waals surface area contributed by atoms with E-state index in [4.69, 9.17) is 15.2 Å². The van der Waals surface area contributed by atoms with Crippen LogP contribution in [-0.2, 0) is 6.42 Å². The number of nitrogens with two attached hydrogens (primary N) is 1. The van der Waals surface area contributed by atoms with E-state index in [-0.39, 0.29) is 34.9 Å². The van der Waals surface area contributed by atoms with Crippen LogP contribution in [0.3, 0.4) is 0 Å². The molecular weight excluding hydrogens is 495 g/mol. The van der Waals surface area contributed by atoms with Crippen molar-refractivity contribution in [3.05, 3.63) is 59.5 Å². The Morgan fingerprint density at radius 1 is 1.30 bits per heavy atom. The van der Waals surface area contributed by atoms with E-state index in [0.29, 0.717) is 40.3 Å². The summed E-state index contributed by atoms with van der Waals surface area (Å²) in [6.07, 6.45) is 1.15. The number of amides is 2. The number of nitrogens with one attached hydrogen (secondary N) is 1. The summed E-state index contributed by atoms with van der Waals surface area (Å²) in [5.41, 5.74) is 7.36. The van der Waals surface area contributed by atoms with Gasteiger partial charge in [-0.15, -0.1) is 0 Å². The Bertz CT molecular complexity index is 1410. The first kappa shape index (κ1) is 23.7. The fourth-order valence-corrected chi connectivity index (χ4v) is 6.32. The third-order valence-corrected chi connectivity index (χ3v) is 8.14. The Morgan fingerprint density at radius 3 is 2.92 bits per heavy atom. The van der Waals surface area contributed by atoms with Crippen molar-refractivity contribution in [2.24, 2.45) is 11.8 Å². The van der Waals surface area contributed by atoms with E-state index in [1.54, 1.807) is 23.1 Å². The number of piperidine rings is 1. The van der Waals surface area contributed by atoms with Crippen LogP contribution in [0, 0.1) is 17.7 Å². The predicted molar refractivity (Wildman–Crippen MR) is 137 cm³/mol. The van der Waals surface area contributed by atoms with Crippen molar-refractivity contribution in [1.82, 2.24) is 15.2 Å². The highest BCUT2D eigenvalue weighted by Crippen LogP contribution is 2.50. The van der Waals surface area contributed by atoms with Gasteiger partial charge in [-0.05, 0) is 55.9 Å². The van der Waals surface area contributed by atoms with Crippen molar-refractivity contribution in [3.8, 4) is 21.9 Å². The fraction of sp³-hybridized carbons (Fsp3) is 0.370. The second-order valence-corrected chi connectivity index (χ2v) is 11.5. The number of likely N-dealkylation sites (tertiary alicyclic amines) is 1. The lowest BCUT2D eigenvalue weighted by Crippen LogP contribution is -2.46. The summed E-state index contributed by atoms with van der Waals surface area (Å²) < 4.78 is 25.4. The molecule has 0 unspecified atom stereocenters. The number of hydrogen-bond donors (Lipinski definition) is 2. The molecule has 2 aliphatic heterocycles. The Kier molecular flexibility index (Phi) is 5.59. The number of aromatic nitrogens is 1. The predicted octanol–water partition coefficient (Wildman–Crippen LogP) is 4.49. The number of carbonyl (C=O) groups is 2. The van der Waals surface area contributed by atoms with Crippen LogP contribution in [0.2, 0.25) is 0 Å².